The number of carbonyl (C=O) groups is 1. The van der Waals surface area contributed by atoms with Crippen molar-refractivity contribution in [1.29, 1.82) is 0 Å². The number of hydrogen-bond acceptors (Lipinski definition) is 4. The maximum atomic E-state index is 13.0. The van der Waals surface area contributed by atoms with Gasteiger partial charge < -0.3 is 4.57 Å². The van der Waals surface area contributed by atoms with Gasteiger partial charge in [0.1, 0.15) is 5.82 Å². The lowest BCUT2D eigenvalue weighted by Crippen LogP contribution is -2.07. The summed E-state index contributed by atoms with van der Waals surface area (Å²) in [7, 11) is 0. The molecule has 0 amide bonds. The highest BCUT2D eigenvalue weighted by atomic mass is 35.5. The number of carbonyl (C=O) groups excluding carboxylic acids is 1. The highest BCUT2D eigenvalue weighted by Crippen LogP contribution is 2.40. The largest absolute Gasteiger partial charge is 0.336 e. The fourth-order valence-corrected chi connectivity index (χ4v) is 5.00. The third-order valence-electron chi connectivity index (χ3n) is 3.50. The first kappa shape index (κ1) is 19.3. The highest BCUT2D eigenvalue weighted by molar-refractivity contribution is 8.38. The van der Waals surface area contributed by atoms with Crippen LogP contribution in [0.4, 0.5) is 9.18 Å². The van der Waals surface area contributed by atoms with Crippen LogP contribution < -0.4 is 0 Å². The second-order valence-electron chi connectivity index (χ2n) is 5.34. The first-order chi connectivity index (χ1) is 12.5. The Hall–Kier alpha value is -1.47. The lowest BCUT2D eigenvalue weighted by atomic mass is 10.1. The summed E-state index contributed by atoms with van der Waals surface area (Å²) in [5.74, 6) is -0.333. The van der Waals surface area contributed by atoms with Crippen LogP contribution >= 0.6 is 46.7 Å². The maximum Gasteiger partial charge on any atom is 0.251 e. The quantitative estimate of drug-likeness (QED) is 0.424. The van der Waals surface area contributed by atoms with Crippen LogP contribution in [0.15, 0.2) is 66.1 Å². The molecule has 3 nitrogen and oxygen atoms in total. The first-order valence-electron chi connectivity index (χ1n) is 7.56. The molecule has 2 aromatic carbocycles. The number of aromatic nitrogens is 2. The number of imidazole rings is 1. The molecule has 1 heterocycles. The van der Waals surface area contributed by atoms with E-state index in [1.807, 2.05) is 16.8 Å². The number of halogens is 3. The van der Waals surface area contributed by atoms with Crippen molar-refractivity contribution in [3.8, 4) is 0 Å². The predicted molar refractivity (Wildman–Crippen MR) is 107 cm³/mol. The predicted octanol–water partition coefficient (Wildman–Crippen LogP) is 6.72. The Morgan fingerprint density at radius 3 is 2.62 bits per heavy atom. The van der Waals surface area contributed by atoms with Gasteiger partial charge in [-0.3, -0.25) is 4.79 Å². The van der Waals surface area contributed by atoms with Gasteiger partial charge in [0.2, 0.25) is 0 Å². The van der Waals surface area contributed by atoms with Gasteiger partial charge in [-0.05, 0) is 53.7 Å². The first-order valence-corrected chi connectivity index (χ1v) is 10.0. The Morgan fingerprint density at radius 2 is 1.96 bits per heavy atom. The average Bonchev–Trinajstić information content (AvgIpc) is 3.09. The molecule has 0 aliphatic carbocycles. The summed E-state index contributed by atoms with van der Waals surface area (Å²) in [6.07, 6.45) is 5.20. The van der Waals surface area contributed by atoms with E-state index in [9.17, 15) is 9.18 Å². The minimum Gasteiger partial charge on any atom is -0.336 e. The van der Waals surface area contributed by atoms with Gasteiger partial charge in [-0.15, -0.1) is 0 Å². The molecular formula is C18H13Cl2FN2OS2. The fraction of sp³-hybridized carbons (Fsp3) is 0.111. The molecule has 3 rings (SSSR count). The van der Waals surface area contributed by atoms with Crippen LogP contribution in [0, 0.1) is 5.82 Å². The Kier molecular flexibility index (Phi) is 6.64. The molecule has 1 aromatic heterocycles. The van der Waals surface area contributed by atoms with E-state index in [0.717, 1.165) is 17.3 Å². The van der Waals surface area contributed by atoms with Gasteiger partial charge in [-0.25, -0.2) is 9.37 Å². The Balaban J connectivity index is 1.78. The van der Waals surface area contributed by atoms with Crippen molar-refractivity contribution < 1.29 is 9.18 Å². The van der Waals surface area contributed by atoms with E-state index in [0.29, 0.717) is 21.5 Å². The summed E-state index contributed by atoms with van der Waals surface area (Å²) < 4.78 is 14.8. The molecule has 0 N–H and O–H groups in total. The smallest absolute Gasteiger partial charge is 0.251 e. The van der Waals surface area contributed by atoms with E-state index in [1.165, 1.54) is 23.9 Å². The third kappa shape index (κ3) is 5.27. The second kappa shape index (κ2) is 8.95. The normalized spacial score (nSPS) is 12.1. The van der Waals surface area contributed by atoms with Crippen LogP contribution in [-0.4, -0.2) is 14.0 Å². The number of thioether (sulfide) groups is 2. The monoisotopic (exact) mass is 426 g/mol. The molecule has 1 atom stereocenters. The Bertz CT molecular complexity index is 889. The van der Waals surface area contributed by atoms with E-state index < -0.39 is 0 Å². The van der Waals surface area contributed by atoms with Crippen molar-refractivity contribution in [3.63, 3.8) is 0 Å². The summed E-state index contributed by atoms with van der Waals surface area (Å²) in [4.78, 5) is 17.2. The molecule has 0 radical (unpaired) electrons. The molecule has 3 aromatic rings. The minimum atomic E-state index is -0.333. The second-order valence-corrected chi connectivity index (χ2v) is 8.66. The summed E-state index contributed by atoms with van der Waals surface area (Å²) in [5, 5.41) is 0.834. The van der Waals surface area contributed by atoms with Crippen LogP contribution in [0.5, 0.6) is 0 Å². The topological polar surface area (TPSA) is 34.9 Å². The molecule has 0 bridgehead atoms. The fourth-order valence-electron chi connectivity index (χ4n) is 2.29. The molecule has 0 saturated carbocycles. The molecule has 0 fully saturated rings. The molecule has 134 valence electrons. The minimum absolute atomic E-state index is 0.104. The van der Waals surface area contributed by atoms with Gasteiger partial charge in [0.05, 0.1) is 11.6 Å². The molecule has 8 heteroatoms. The van der Waals surface area contributed by atoms with Crippen LogP contribution in [0.25, 0.3) is 0 Å². The summed E-state index contributed by atoms with van der Waals surface area (Å²) in [5.41, 5.74) is 0.822. The number of rotatable bonds is 5. The van der Waals surface area contributed by atoms with E-state index in [2.05, 4.69) is 4.98 Å². The van der Waals surface area contributed by atoms with Gasteiger partial charge in [0.15, 0.2) is 0 Å². The van der Waals surface area contributed by atoms with Gasteiger partial charge in [-0.2, -0.15) is 0 Å². The van der Waals surface area contributed by atoms with Crippen LogP contribution in [0.1, 0.15) is 10.8 Å². The van der Waals surface area contributed by atoms with Crippen LogP contribution in [0.3, 0.4) is 0 Å². The molecule has 1 unspecified atom stereocenters. The average molecular weight is 427 g/mol. The van der Waals surface area contributed by atoms with Gasteiger partial charge in [-0.1, -0.05) is 41.0 Å². The number of nitrogens with zero attached hydrogens (tertiary/aromatic N) is 2. The molecule has 0 aliphatic rings. The lowest BCUT2D eigenvalue weighted by molar-refractivity contribution is 0.276. The van der Waals surface area contributed by atoms with Gasteiger partial charge in [0.25, 0.3) is 4.45 Å². The molecule has 0 saturated heterocycles. The van der Waals surface area contributed by atoms with Crippen LogP contribution in [-0.2, 0) is 6.54 Å². The standard InChI is InChI=1S/C18H13Cl2FN2OS2/c19-12-1-6-15(16(20)9-12)17(10-23-8-7-22-11-23)26-18(24)25-14-4-2-13(21)3-5-14/h1-9,11,17H,10H2. The van der Waals surface area contributed by atoms with Gasteiger partial charge in [0, 0.05) is 33.9 Å². The zero-order valence-electron chi connectivity index (χ0n) is 13.3. The van der Waals surface area contributed by atoms with E-state index in [1.54, 1.807) is 36.8 Å². The summed E-state index contributed by atoms with van der Waals surface area (Å²) >= 11 is 14.6. The number of benzene rings is 2. The Labute approximate surface area is 168 Å². The van der Waals surface area contributed by atoms with Crippen molar-refractivity contribution in [3.05, 3.63) is 82.6 Å². The number of hydrogen-bond donors (Lipinski definition) is 0. The molecule has 0 aliphatic heterocycles. The zero-order valence-corrected chi connectivity index (χ0v) is 16.5. The van der Waals surface area contributed by atoms with Crippen LogP contribution in [0.2, 0.25) is 10.0 Å². The van der Waals surface area contributed by atoms with Gasteiger partial charge >= 0.3 is 0 Å². The molecule has 26 heavy (non-hydrogen) atoms. The van der Waals surface area contributed by atoms with Crippen molar-refractivity contribution in [2.75, 3.05) is 0 Å². The van der Waals surface area contributed by atoms with Crippen molar-refractivity contribution in [1.82, 2.24) is 9.55 Å². The van der Waals surface area contributed by atoms with Crippen molar-refractivity contribution >= 4 is 51.2 Å². The Morgan fingerprint density at radius 1 is 1.19 bits per heavy atom. The highest BCUT2D eigenvalue weighted by Gasteiger charge is 2.21. The third-order valence-corrected chi connectivity index (χ3v) is 6.15. The summed E-state index contributed by atoms with van der Waals surface area (Å²) in [6.45, 7) is 0.530. The van der Waals surface area contributed by atoms with E-state index in [4.69, 9.17) is 23.2 Å². The lowest BCUT2D eigenvalue weighted by Gasteiger charge is -2.18. The molecular weight excluding hydrogens is 414 g/mol. The van der Waals surface area contributed by atoms with Crippen molar-refractivity contribution in [2.24, 2.45) is 0 Å². The van der Waals surface area contributed by atoms with E-state index >= 15 is 0 Å². The van der Waals surface area contributed by atoms with E-state index in [-0.39, 0.29) is 15.5 Å². The van der Waals surface area contributed by atoms with Crippen molar-refractivity contribution in [2.45, 2.75) is 16.7 Å². The SMILES string of the molecule is O=C(Sc1ccc(F)cc1)SC(Cn1ccnc1)c1ccc(Cl)cc1Cl. The molecule has 0 spiro atoms. The maximum absolute atomic E-state index is 13.0. The zero-order chi connectivity index (χ0) is 18.5. The summed E-state index contributed by atoms with van der Waals surface area (Å²) in [6, 6.07) is 11.1.